The maximum atomic E-state index is 10.1. The van der Waals surface area contributed by atoms with Crippen LogP contribution in [0.25, 0.3) is 0 Å². The minimum absolute atomic E-state index is 0.341. The van der Waals surface area contributed by atoms with Crippen molar-refractivity contribution in [3.8, 4) is 5.75 Å². The Balaban J connectivity index is 1.36. The van der Waals surface area contributed by atoms with E-state index < -0.39 is 0 Å². The zero-order valence-electron chi connectivity index (χ0n) is 17.6. The number of morpholine rings is 1. The highest BCUT2D eigenvalue weighted by Crippen LogP contribution is 2.27. The second-order valence-corrected chi connectivity index (χ2v) is 7.59. The van der Waals surface area contributed by atoms with Gasteiger partial charge in [-0.25, -0.2) is 0 Å². The van der Waals surface area contributed by atoms with Crippen LogP contribution in [0.1, 0.15) is 5.56 Å². The fraction of sp³-hybridized carbons (Fsp3) is 0.435. The average Bonchev–Trinajstić information content (AvgIpc) is 2.81. The summed E-state index contributed by atoms with van der Waals surface area (Å²) >= 11 is 0. The van der Waals surface area contributed by atoms with E-state index >= 15 is 0 Å². The molecule has 2 aromatic rings. The van der Waals surface area contributed by atoms with Gasteiger partial charge in [0.05, 0.1) is 18.9 Å². The Morgan fingerprint density at radius 1 is 0.900 bits per heavy atom. The molecule has 2 fully saturated rings. The molecule has 2 aromatic carbocycles. The highest BCUT2D eigenvalue weighted by atomic mass is 16.5. The number of piperazine rings is 1. The van der Waals surface area contributed by atoms with Crippen LogP contribution in [0.5, 0.6) is 5.75 Å². The van der Waals surface area contributed by atoms with E-state index in [1.807, 2.05) is 25.2 Å². The van der Waals surface area contributed by atoms with Crippen LogP contribution in [0.4, 0.5) is 11.4 Å². The van der Waals surface area contributed by atoms with Crippen molar-refractivity contribution in [3.05, 3.63) is 54.1 Å². The summed E-state index contributed by atoms with van der Waals surface area (Å²) in [7, 11) is 1.84. The molecule has 30 heavy (non-hydrogen) atoms. The molecule has 4 rings (SSSR count). The number of para-hydroxylation sites is 3. The molecule has 2 saturated heterocycles. The molecule has 2 N–H and O–H groups in total. The summed E-state index contributed by atoms with van der Waals surface area (Å²) in [6, 6.07) is 16.1. The molecule has 2 heterocycles. The third-order valence-corrected chi connectivity index (χ3v) is 5.79. The lowest BCUT2D eigenvalue weighted by Gasteiger charge is -2.38. The lowest BCUT2D eigenvalue weighted by atomic mass is 10.1. The van der Waals surface area contributed by atoms with Crippen LogP contribution in [0, 0.1) is 0 Å². The molecule has 0 aliphatic carbocycles. The summed E-state index contributed by atoms with van der Waals surface area (Å²) < 4.78 is 5.50. The molecule has 0 atom stereocenters. The van der Waals surface area contributed by atoms with Gasteiger partial charge in [0.1, 0.15) is 5.75 Å². The minimum Gasteiger partial charge on any atom is -0.506 e. The third kappa shape index (κ3) is 4.62. The Hall–Kier alpha value is -2.93. The number of phenolic OH excluding ortho intramolecular Hbond substituents is 1. The van der Waals surface area contributed by atoms with E-state index in [1.165, 1.54) is 11.3 Å². The van der Waals surface area contributed by atoms with Gasteiger partial charge in [-0.2, -0.15) is 0 Å². The third-order valence-electron chi connectivity index (χ3n) is 5.79. The van der Waals surface area contributed by atoms with Crippen LogP contribution in [-0.2, 0) is 11.3 Å². The van der Waals surface area contributed by atoms with Gasteiger partial charge in [-0.15, -0.1) is 0 Å². The summed E-state index contributed by atoms with van der Waals surface area (Å²) in [4.78, 5) is 11.4. The van der Waals surface area contributed by atoms with Gasteiger partial charge in [0.25, 0.3) is 0 Å². The fourth-order valence-electron chi connectivity index (χ4n) is 4.17. The molecule has 0 radical (unpaired) electrons. The normalized spacial score (nSPS) is 17.9. The Labute approximate surface area is 178 Å². The number of phenols is 1. The van der Waals surface area contributed by atoms with Gasteiger partial charge in [0.15, 0.2) is 5.96 Å². The largest absolute Gasteiger partial charge is 0.506 e. The Kier molecular flexibility index (Phi) is 6.59. The zero-order chi connectivity index (χ0) is 20.8. The SMILES string of the molecule is CN=C(NCc1ccccc1N1CCOCC1)N1CCN(c2ccccc2O)CC1. The lowest BCUT2D eigenvalue weighted by Crippen LogP contribution is -2.52. The first kappa shape index (κ1) is 20.3. The molecule has 0 aromatic heterocycles. The highest BCUT2D eigenvalue weighted by molar-refractivity contribution is 5.80. The number of hydrogen-bond donors (Lipinski definition) is 2. The topological polar surface area (TPSA) is 63.6 Å². The van der Waals surface area contributed by atoms with Gasteiger partial charge in [0, 0.05) is 58.5 Å². The van der Waals surface area contributed by atoms with E-state index in [0.717, 1.165) is 70.7 Å². The van der Waals surface area contributed by atoms with E-state index in [1.54, 1.807) is 6.07 Å². The van der Waals surface area contributed by atoms with Gasteiger partial charge in [-0.1, -0.05) is 30.3 Å². The maximum absolute atomic E-state index is 10.1. The van der Waals surface area contributed by atoms with Crippen molar-refractivity contribution >= 4 is 17.3 Å². The first-order valence-electron chi connectivity index (χ1n) is 10.7. The van der Waals surface area contributed by atoms with Gasteiger partial charge in [-0.05, 0) is 23.8 Å². The summed E-state index contributed by atoms with van der Waals surface area (Å²) in [6.07, 6.45) is 0. The summed E-state index contributed by atoms with van der Waals surface area (Å²) in [5, 5.41) is 13.7. The lowest BCUT2D eigenvalue weighted by molar-refractivity contribution is 0.122. The molecule has 2 aliphatic rings. The molecule has 2 aliphatic heterocycles. The van der Waals surface area contributed by atoms with Crippen molar-refractivity contribution in [2.45, 2.75) is 6.54 Å². The molecule has 7 heteroatoms. The maximum Gasteiger partial charge on any atom is 0.194 e. The van der Waals surface area contributed by atoms with Crippen LogP contribution in [0.2, 0.25) is 0 Å². The number of benzene rings is 2. The zero-order valence-corrected chi connectivity index (χ0v) is 17.6. The average molecular weight is 410 g/mol. The van der Waals surface area contributed by atoms with Gasteiger partial charge < -0.3 is 29.9 Å². The number of aromatic hydroxyl groups is 1. The van der Waals surface area contributed by atoms with Crippen molar-refractivity contribution in [1.29, 1.82) is 0 Å². The molecule has 0 spiro atoms. The Morgan fingerprint density at radius 3 is 2.23 bits per heavy atom. The monoisotopic (exact) mass is 409 g/mol. The van der Waals surface area contributed by atoms with Crippen LogP contribution in [-0.4, -0.2) is 75.5 Å². The highest BCUT2D eigenvalue weighted by Gasteiger charge is 2.22. The van der Waals surface area contributed by atoms with Crippen LogP contribution < -0.4 is 15.1 Å². The number of anilines is 2. The number of guanidine groups is 1. The van der Waals surface area contributed by atoms with Gasteiger partial charge >= 0.3 is 0 Å². The summed E-state index contributed by atoms with van der Waals surface area (Å²) in [6.45, 7) is 7.58. The van der Waals surface area contributed by atoms with E-state index in [-0.39, 0.29) is 0 Å². The van der Waals surface area contributed by atoms with Gasteiger partial charge in [-0.3, -0.25) is 4.99 Å². The number of aliphatic imine (C=N–C) groups is 1. The number of ether oxygens (including phenoxy) is 1. The van der Waals surface area contributed by atoms with Crippen LogP contribution in [0.3, 0.4) is 0 Å². The number of hydrogen-bond acceptors (Lipinski definition) is 5. The predicted octanol–water partition coefficient (Wildman–Crippen LogP) is 2.13. The molecule has 0 unspecified atom stereocenters. The second-order valence-electron chi connectivity index (χ2n) is 7.59. The fourth-order valence-corrected chi connectivity index (χ4v) is 4.17. The first-order chi connectivity index (χ1) is 14.8. The summed E-state index contributed by atoms with van der Waals surface area (Å²) in [5.74, 6) is 1.26. The van der Waals surface area contributed by atoms with E-state index in [0.29, 0.717) is 5.75 Å². The smallest absolute Gasteiger partial charge is 0.194 e. The second kappa shape index (κ2) is 9.71. The van der Waals surface area contributed by atoms with Crippen molar-refractivity contribution < 1.29 is 9.84 Å². The Bertz CT molecular complexity index is 858. The molecular formula is C23H31N5O2. The molecule has 0 bridgehead atoms. The molecule has 0 amide bonds. The van der Waals surface area contributed by atoms with Crippen LogP contribution >= 0.6 is 0 Å². The summed E-state index contributed by atoms with van der Waals surface area (Å²) in [5.41, 5.74) is 3.45. The predicted molar refractivity (Wildman–Crippen MR) is 122 cm³/mol. The molecular weight excluding hydrogens is 378 g/mol. The Morgan fingerprint density at radius 2 is 1.53 bits per heavy atom. The standard InChI is InChI=1S/C23H31N5O2/c1-24-23(28-12-10-26(11-13-28)21-8-4-5-9-22(21)29)25-18-19-6-2-3-7-20(19)27-14-16-30-17-15-27/h2-9,29H,10-18H2,1H3,(H,24,25). The number of rotatable bonds is 4. The number of nitrogens with one attached hydrogen (secondary N) is 1. The first-order valence-corrected chi connectivity index (χ1v) is 10.7. The van der Waals surface area contributed by atoms with E-state index in [4.69, 9.17) is 4.74 Å². The van der Waals surface area contributed by atoms with Crippen molar-refractivity contribution in [1.82, 2.24) is 10.2 Å². The van der Waals surface area contributed by atoms with Crippen molar-refractivity contribution in [2.75, 3.05) is 69.3 Å². The van der Waals surface area contributed by atoms with Crippen LogP contribution in [0.15, 0.2) is 53.5 Å². The van der Waals surface area contributed by atoms with E-state index in [2.05, 4.69) is 49.3 Å². The van der Waals surface area contributed by atoms with Crippen molar-refractivity contribution in [3.63, 3.8) is 0 Å². The van der Waals surface area contributed by atoms with Gasteiger partial charge in [0.2, 0.25) is 0 Å². The quantitative estimate of drug-likeness (QED) is 0.596. The molecule has 0 saturated carbocycles. The van der Waals surface area contributed by atoms with E-state index in [9.17, 15) is 5.11 Å². The number of nitrogens with zero attached hydrogens (tertiary/aromatic N) is 4. The molecule has 160 valence electrons. The molecule has 7 nitrogen and oxygen atoms in total. The minimum atomic E-state index is 0.341. The van der Waals surface area contributed by atoms with Crippen molar-refractivity contribution in [2.24, 2.45) is 4.99 Å².